The number of benzene rings is 1. The first kappa shape index (κ1) is 20.9. The molecule has 160 valence electrons. The second kappa shape index (κ2) is 9.22. The molecule has 0 saturated heterocycles. The number of rotatable bonds is 7. The second-order valence-electron chi connectivity index (χ2n) is 7.26. The zero-order chi connectivity index (χ0) is 21.8. The summed E-state index contributed by atoms with van der Waals surface area (Å²) in [5.74, 6) is 0.538. The molecule has 1 unspecified atom stereocenters. The first-order chi connectivity index (χ1) is 15.1. The monoisotopic (exact) mass is 436 g/mol. The normalized spacial score (nSPS) is 15.3. The highest BCUT2D eigenvalue weighted by Crippen LogP contribution is 2.38. The van der Waals surface area contributed by atoms with Crippen molar-refractivity contribution in [1.29, 1.82) is 0 Å². The molecule has 3 heterocycles. The van der Waals surface area contributed by atoms with E-state index in [0.717, 1.165) is 23.3 Å². The van der Waals surface area contributed by atoms with Gasteiger partial charge in [-0.05, 0) is 53.3 Å². The highest BCUT2D eigenvalue weighted by molar-refractivity contribution is 7.10. The SMILES string of the molecule is C=CCN(CC(=O)N1CCc2sccc2C1c1ccc(OC)cc1)C(=O)c1ccco1. The van der Waals surface area contributed by atoms with E-state index in [1.54, 1.807) is 36.7 Å². The fourth-order valence-electron chi connectivity index (χ4n) is 3.92. The van der Waals surface area contributed by atoms with Crippen LogP contribution in [0.25, 0.3) is 0 Å². The number of carbonyl (C=O) groups is 2. The summed E-state index contributed by atoms with van der Waals surface area (Å²) in [4.78, 5) is 30.9. The Hall–Kier alpha value is -3.32. The second-order valence-corrected chi connectivity index (χ2v) is 8.26. The van der Waals surface area contributed by atoms with Gasteiger partial charge in [-0.3, -0.25) is 9.59 Å². The topological polar surface area (TPSA) is 63.0 Å². The van der Waals surface area contributed by atoms with Gasteiger partial charge in [0.1, 0.15) is 12.3 Å². The zero-order valence-corrected chi connectivity index (χ0v) is 18.1. The Kier molecular flexibility index (Phi) is 6.23. The van der Waals surface area contributed by atoms with Gasteiger partial charge in [0.2, 0.25) is 5.91 Å². The van der Waals surface area contributed by atoms with E-state index in [0.29, 0.717) is 6.54 Å². The van der Waals surface area contributed by atoms with E-state index in [9.17, 15) is 9.59 Å². The van der Waals surface area contributed by atoms with E-state index >= 15 is 0 Å². The molecule has 0 aliphatic carbocycles. The molecule has 31 heavy (non-hydrogen) atoms. The number of amides is 2. The molecule has 0 bridgehead atoms. The molecule has 1 atom stereocenters. The third-order valence-electron chi connectivity index (χ3n) is 5.41. The Balaban J connectivity index is 1.61. The van der Waals surface area contributed by atoms with E-state index < -0.39 is 0 Å². The minimum Gasteiger partial charge on any atom is -0.497 e. The predicted octanol–water partition coefficient (Wildman–Crippen LogP) is 4.15. The highest BCUT2D eigenvalue weighted by atomic mass is 32.1. The third-order valence-corrected chi connectivity index (χ3v) is 6.41. The van der Waals surface area contributed by atoms with Crippen molar-refractivity contribution in [3.05, 3.63) is 88.5 Å². The quantitative estimate of drug-likeness (QED) is 0.522. The zero-order valence-electron chi connectivity index (χ0n) is 17.3. The molecule has 6 nitrogen and oxygen atoms in total. The van der Waals surface area contributed by atoms with Gasteiger partial charge in [-0.15, -0.1) is 17.9 Å². The summed E-state index contributed by atoms with van der Waals surface area (Å²) in [5, 5.41) is 2.07. The molecule has 4 rings (SSSR count). The fourth-order valence-corrected chi connectivity index (χ4v) is 4.82. The van der Waals surface area contributed by atoms with Crippen LogP contribution in [0.15, 0.2) is 71.2 Å². The molecule has 1 aliphatic rings. The van der Waals surface area contributed by atoms with Gasteiger partial charge in [-0.25, -0.2) is 0 Å². The first-order valence-electron chi connectivity index (χ1n) is 10.1. The molecule has 2 amide bonds. The van der Waals surface area contributed by atoms with E-state index in [1.807, 2.05) is 29.2 Å². The number of nitrogens with zero attached hydrogens (tertiary/aromatic N) is 2. The van der Waals surface area contributed by atoms with Gasteiger partial charge in [-0.2, -0.15) is 0 Å². The number of thiophene rings is 1. The molecule has 0 radical (unpaired) electrons. The van der Waals surface area contributed by atoms with Crippen LogP contribution in [0.4, 0.5) is 0 Å². The van der Waals surface area contributed by atoms with Crippen molar-refractivity contribution in [2.75, 3.05) is 26.7 Å². The van der Waals surface area contributed by atoms with E-state index in [-0.39, 0.29) is 36.7 Å². The number of hydrogen-bond donors (Lipinski definition) is 0. The Morgan fingerprint density at radius 3 is 2.77 bits per heavy atom. The van der Waals surface area contributed by atoms with Crippen molar-refractivity contribution >= 4 is 23.2 Å². The number of carbonyl (C=O) groups excluding carboxylic acids is 2. The van der Waals surface area contributed by atoms with Crippen LogP contribution < -0.4 is 4.74 Å². The number of hydrogen-bond acceptors (Lipinski definition) is 5. The van der Waals surface area contributed by atoms with Crippen LogP contribution in [-0.2, 0) is 11.2 Å². The molecule has 0 saturated carbocycles. The number of methoxy groups -OCH3 is 1. The van der Waals surface area contributed by atoms with Crippen LogP contribution in [0.2, 0.25) is 0 Å². The van der Waals surface area contributed by atoms with Crippen molar-refractivity contribution in [1.82, 2.24) is 9.80 Å². The van der Waals surface area contributed by atoms with Gasteiger partial charge in [0, 0.05) is 18.0 Å². The summed E-state index contributed by atoms with van der Waals surface area (Å²) in [6, 6.07) is 12.9. The van der Waals surface area contributed by atoms with Gasteiger partial charge in [0.25, 0.3) is 5.91 Å². The maximum atomic E-state index is 13.4. The maximum absolute atomic E-state index is 13.4. The summed E-state index contributed by atoms with van der Waals surface area (Å²) >= 11 is 1.72. The van der Waals surface area contributed by atoms with Crippen molar-refractivity contribution < 1.29 is 18.7 Å². The minimum absolute atomic E-state index is 0.0440. The van der Waals surface area contributed by atoms with E-state index in [4.69, 9.17) is 9.15 Å². The van der Waals surface area contributed by atoms with Crippen molar-refractivity contribution in [2.45, 2.75) is 12.5 Å². The van der Waals surface area contributed by atoms with Crippen LogP contribution in [0.3, 0.4) is 0 Å². The third kappa shape index (κ3) is 4.27. The molecule has 1 aliphatic heterocycles. The lowest BCUT2D eigenvalue weighted by Gasteiger charge is -2.37. The molecular formula is C24H24N2O4S. The summed E-state index contributed by atoms with van der Waals surface area (Å²) < 4.78 is 10.5. The van der Waals surface area contributed by atoms with E-state index in [2.05, 4.69) is 18.0 Å². The average Bonchev–Trinajstić information content (AvgIpc) is 3.49. The summed E-state index contributed by atoms with van der Waals surface area (Å²) in [7, 11) is 1.63. The van der Waals surface area contributed by atoms with Crippen LogP contribution in [0.1, 0.15) is 32.6 Å². The Morgan fingerprint density at radius 1 is 1.29 bits per heavy atom. The van der Waals surface area contributed by atoms with Crippen molar-refractivity contribution in [3.63, 3.8) is 0 Å². The van der Waals surface area contributed by atoms with Gasteiger partial charge in [0.05, 0.1) is 19.4 Å². The predicted molar refractivity (Wildman–Crippen MR) is 119 cm³/mol. The lowest BCUT2D eigenvalue weighted by atomic mass is 9.93. The summed E-state index contributed by atoms with van der Waals surface area (Å²) in [6.45, 7) is 4.54. The minimum atomic E-state index is -0.326. The smallest absolute Gasteiger partial charge is 0.290 e. The number of fused-ring (bicyclic) bond motifs is 1. The molecule has 7 heteroatoms. The van der Waals surface area contributed by atoms with Crippen LogP contribution in [0.5, 0.6) is 5.75 Å². The Labute approximate surface area is 185 Å². The highest BCUT2D eigenvalue weighted by Gasteiger charge is 2.34. The lowest BCUT2D eigenvalue weighted by Crippen LogP contribution is -2.46. The van der Waals surface area contributed by atoms with Crippen LogP contribution >= 0.6 is 11.3 Å². The molecule has 0 fully saturated rings. The van der Waals surface area contributed by atoms with Crippen LogP contribution in [0, 0.1) is 0 Å². The summed E-state index contributed by atoms with van der Waals surface area (Å²) in [5.41, 5.74) is 2.16. The fraction of sp³-hybridized carbons (Fsp3) is 0.250. The lowest BCUT2D eigenvalue weighted by molar-refractivity contribution is -0.133. The number of ether oxygens (including phenoxy) is 1. The Morgan fingerprint density at radius 2 is 2.10 bits per heavy atom. The first-order valence-corrected chi connectivity index (χ1v) is 10.9. The Bertz CT molecular complexity index is 1060. The molecule has 0 spiro atoms. The molecule has 1 aromatic carbocycles. The molecule has 2 aromatic heterocycles. The molecule has 0 N–H and O–H groups in total. The average molecular weight is 437 g/mol. The maximum Gasteiger partial charge on any atom is 0.290 e. The molecule has 3 aromatic rings. The van der Waals surface area contributed by atoms with E-state index in [1.165, 1.54) is 16.0 Å². The standard InChI is InChI=1S/C24H24N2O4S/c1-3-12-25(24(28)20-5-4-14-30-20)16-22(27)26-13-10-21-19(11-15-31-21)23(26)17-6-8-18(29-2)9-7-17/h3-9,11,14-15,23H,1,10,12-13,16H2,2H3. The largest absolute Gasteiger partial charge is 0.497 e. The van der Waals surface area contributed by atoms with Gasteiger partial charge in [-0.1, -0.05) is 18.2 Å². The van der Waals surface area contributed by atoms with Gasteiger partial charge in [0.15, 0.2) is 5.76 Å². The molecular weight excluding hydrogens is 412 g/mol. The summed E-state index contributed by atoms with van der Waals surface area (Å²) in [6.07, 6.45) is 3.87. The van der Waals surface area contributed by atoms with Crippen LogP contribution in [-0.4, -0.2) is 48.4 Å². The van der Waals surface area contributed by atoms with Crippen molar-refractivity contribution in [3.8, 4) is 5.75 Å². The van der Waals surface area contributed by atoms with Gasteiger partial charge >= 0.3 is 0 Å². The van der Waals surface area contributed by atoms with Gasteiger partial charge < -0.3 is 19.0 Å². The number of furan rings is 1. The van der Waals surface area contributed by atoms with Crippen molar-refractivity contribution in [2.24, 2.45) is 0 Å².